The van der Waals surface area contributed by atoms with Crippen molar-refractivity contribution in [3.05, 3.63) is 36.8 Å². The van der Waals surface area contributed by atoms with Crippen molar-refractivity contribution >= 4 is 28.4 Å². The number of anilines is 2. The molecule has 0 unspecified atom stereocenters. The lowest BCUT2D eigenvalue weighted by atomic mass is 10.2. The number of carbonyl (C=O) groups excluding carboxylic acids is 1. The van der Waals surface area contributed by atoms with Crippen molar-refractivity contribution < 1.29 is 9.53 Å². The molecule has 9 nitrogen and oxygen atoms in total. The number of methoxy groups -OCH3 is 1. The van der Waals surface area contributed by atoms with E-state index in [1.165, 1.54) is 0 Å². The molecule has 1 aliphatic rings. The molecule has 0 atom stereocenters. The molecular formula is C19H23N7O2. The molecule has 0 bridgehead atoms. The van der Waals surface area contributed by atoms with Crippen molar-refractivity contribution in [3.63, 3.8) is 0 Å². The lowest BCUT2D eigenvalue weighted by Gasteiger charge is -2.35. The van der Waals surface area contributed by atoms with E-state index in [2.05, 4.69) is 30.2 Å². The number of fused-ring (bicyclic) bond motifs is 1. The summed E-state index contributed by atoms with van der Waals surface area (Å²) in [6.45, 7) is 3.56. The Bertz CT molecular complexity index is 962. The van der Waals surface area contributed by atoms with Crippen molar-refractivity contribution in [1.29, 1.82) is 0 Å². The van der Waals surface area contributed by atoms with E-state index in [-0.39, 0.29) is 5.91 Å². The number of ether oxygens (including phenoxy) is 1. The zero-order valence-corrected chi connectivity index (χ0v) is 16.0. The number of benzene rings is 1. The van der Waals surface area contributed by atoms with Crippen LogP contribution in [0.3, 0.4) is 0 Å². The van der Waals surface area contributed by atoms with Gasteiger partial charge in [0, 0.05) is 38.9 Å². The first kappa shape index (κ1) is 18.2. The van der Waals surface area contributed by atoms with Gasteiger partial charge in [-0.1, -0.05) is 0 Å². The topological polar surface area (TPSA) is 88.4 Å². The van der Waals surface area contributed by atoms with E-state index in [0.29, 0.717) is 6.54 Å². The molecule has 3 heterocycles. The highest BCUT2D eigenvalue weighted by molar-refractivity contribution is 5.92. The minimum atomic E-state index is -0.0182. The Labute approximate surface area is 162 Å². The number of nitrogens with zero attached hydrogens (tertiary/aromatic N) is 6. The highest BCUT2D eigenvalue weighted by Crippen LogP contribution is 2.23. The van der Waals surface area contributed by atoms with Gasteiger partial charge in [0.15, 0.2) is 5.65 Å². The smallest absolute Gasteiger partial charge is 0.238 e. The van der Waals surface area contributed by atoms with E-state index in [1.54, 1.807) is 24.3 Å². The third-order valence-corrected chi connectivity index (χ3v) is 4.92. The molecule has 4 rings (SSSR count). The standard InChI is InChI=1S/C19H23N7O2/c1-24-18-16(11-22-24)19(21-13-20-18)26-9-7-25(8-10-26)12-17(27)23-14-3-5-15(28-2)6-4-14/h3-6,11,13H,7-10,12H2,1-2H3,(H,23,27). The molecule has 146 valence electrons. The van der Waals surface area contributed by atoms with E-state index in [4.69, 9.17) is 4.74 Å². The number of aryl methyl sites for hydroxylation is 1. The fraction of sp³-hybridized carbons (Fsp3) is 0.368. The molecule has 1 N–H and O–H groups in total. The van der Waals surface area contributed by atoms with E-state index in [9.17, 15) is 4.79 Å². The average Bonchev–Trinajstić information content (AvgIpc) is 3.10. The predicted octanol–water partition coefficient (Wildman–Crippen LogP) is 1.13. The van der Waals surface area contributed by atoms with Crippen LogP contribution >= 0.6 is 0 Å². The number of nitrogens with one attached hydrogen (secondary N) is 1. The monoisotopic (exact) mass is 381 g/mol. The maximum absolute atomic E-state index is 12.3. The number of piperazine rings is 1. The molecule has 28 heavy (non-hydrogen) atoms. The second-order valence-electron chi connectivity index (χ2n) is 6.74. The number of rotatable bonds is 5. The van der Waals surface area contributed by atoms with Gasteiger partial charge in [0.25, 0.3) is 0 Å². The SMILES string of the molecule is COc1ccc(NC(=O)CN2CCN(c3ncnc4c3cnn4C)CC2)cc1. The van der Waals surface area contributed by atoms with Crippen LogP contribution in [0.4, 0.5) is 11.5 Å². The number of hydrogen-bond donors (Lipinski definition) is 1. The Balaban J connectivity index is 1.33. The fourth-order valence-corrected chi connectivity index (χ4v) is 3.40. The molecule has 3 aromatic rings. The molecule has 1 amide bonds. The summed E-state index contributed by atoms with van der Waals surface area (Å²) in [5.41, 5.74) is 1.59. The van der Waals surface area contributed by atoms with Crippen LogP contribution in [0.1, 0.15) is 0 Å². The first-order valence-electron chi connectivity index (χ1n) is 9.18. The molecule has 0 saturated carbocycles. The second-order valence-corrected chi connectivity index (χ2v) is 6.74. The quantitative estimate of drug-likeness (QED) is 0.709. The van der Waals surface area contributed by atoms with Crippen LogP contribution in [0.15, 0.2) is 36.8 Å². The highest BCUT2D eigenvalue weighted by atomic mass is 16.5. The molecule has 1 fully saturated rings. The summed E-state index contributed by atoms with van der Waals surface area (Å²) in [5, 5.41) is 8.16. The Kier molecular flexibility index (Phi) is 5.07. The summed E-state index contributed by atoms with van der Waals surface area (Å²) in [4.78, 5) is 25.5. The third kappa shape index (κ3) is 3.74. The number of aromatic nitrogens is 4. The van der Waals surface area contributed by atoms with Gasteiger partial charge >= 0.3 is 0 Å². The Morgan fingerprint density at radius 3 is 2.61 bits per heavy atom. The summed E-state index contributed by atoms with van der Waals surface area (Å²) < 4.78 is 6.88. The molecule has 9 heteroatoms. The van der Waals surface area contributed by atoms with E-state index in [1.807, 2.05) is 31.3 Å². The Hall–Kier alpha value is -3.20. The van der Waals surface area contributed by atoms with E-state index < -0.39 is 0 Å². The number of carbonyl (C=O) groups is 1. The minimum Gasteiger partial charge on any atom is -0.497 e. The molecule has 1 saturated heterocycles. The van der Waals surface area contributed by atoms with Crippen LogP contribution in [0.25, 0.3) is 11.0 Å². The molecule has 1 aliphatic heterocycles. The summed E-state index contributed by atoms with van der Waals surface area (Å²) in [6.07, 6.45) is 3.38. The van der Waals surface area contributed by atoms with Crippen molar-refractivity contribution in [2.75, 3.05) is 50.1 Å². The van der Waals surface area contributed by atoms with Gasteiger partial charge in [0.2, 0.25) is 5.91 Å². The van der Waals surface area contributed by atoms with Gasteiger partial charge in [-0.15, -0.1) is 0 Å². The van der Waals surface area contributed by atoms with Crippen LogP contribution < -0.4 is 15.0 Å². The van der Waals surface area contributed by atoms with Gasteiger partial charge in [-0.05, 0) is 24.3 Å². The zero-order valence-electron chi connectivity index (χ0n) is 16.0. The van der Waals surface area contributed by atoms with Crippen LogP contribution in [-0.2, 0) is 11.8 Å². The van der Waals surface area contributed by atoms with E-state index in [0.717, 1.165) is 54.5 Å². The maximum Gasteiger partial charge on any atom is 0.238 e. The summed E-state index contributed by atoms with van der Waals surface area (Å²) >= 11 is 0. The number of hydrogen-bond acceptors (Lipinski definition) is 7. The van der Waals surface area contributed by atoms with Crippen molar-refractivity contribution in [3.8, 4) is 5.75 Å². The average molecular weight is 381 g/mol. The zero-order chi connectivity index (χ0) is 19.5. The lowest BCUT2D eigenvalue weighted by molar-refractivity contribution is -0.117. The molecule has 0 aliphatic carbocycles. The van der Waals surface area contributed by atoms with Gasteiger partial charge in [0.05, 0.1) is 25.2 Å². The van der Waals surface area contributed by atoms with Gasteiger partial charge < -0.3 is 15.0 Å². The third-order valence-electron chi connectivity index (χ3n) is 4.92. The highest BCUT2D eigenvalue weighted by Gasteiger charge is 2.22. The van der Waals surface area contributed by atoms with E-state index >= 15 is 0 Å². The van der Waals surface area contributed by atoms with Gasteiger partial charge in [-0.2, -0.15) is 5.10 Å². The largest absolute Gasteiger partial charge is 0.497 e. The van der Waals surface area contributed by atoms with Crippen molar-refractivity contribution in [2.45, 2.75) is 0 Å². The van der Waals surface area contributed by atoms with Crippen LogP contribution in [0, 0.1) is 0 Å². The van der Waals surface area contributed by atoms with Crippen LogP contribution in [-0.4, -0.2) is 70.4 Å². The molecule has 1 aromatic carbocycles. The van der Waals surface area contributed by atoms with Crippen LogP contribution in [0.5, 0.6) is 5.75 Å². The molecule has 0 spiro atoms. The number of amides is 1. The lowest BCUT2D eigenvalue weighted by Crippen LogP contribution is -2.49. The van der Waals surface area contributed by atoms with Crippen molar-refractivity contribution in [1.82, 2.24) is 24.6 Å². The fourth-order valence-electron chi connectivity index (χ4n) is 3.40. The van der Waals surface area contributed by atoms with Crippen LogP contribution in [0.2, 0.25) is 0 Å². The molecule has 2 aromatic heterocycles. The summed E-state index contributed by atoms with van der Waals surface area (Å²) in [7, 11) is 3.49. The molecule has 0 radical (unpaired) electrons. The minimum absolute atomic E-state index is 0.0182. The van der Waals surface area contributed by atoms with Gasteiger partial charge in [-0.25, -0.2) is 9.97 Å². The first-order chi connectivity index (χ1) is 13.6. The summed E-state index contributed by atoms with van der Waals surface area (Å²) in [5.74, 6) is 1.65. The normalized spacial score (nSPS) is 15.0. The maximum atomic E-state index is 12.3. The van der Waals surface area contributed by atoms with Gasteiger partial charge in [0.1, 0.15) is 17.9 Å². The summed E-state index contributed by atoms with van der Waals surface area (Å²) in [6, 6.07) is 7.33. The van der Waals surface area contributed by atoms with Gasteiger partial charge in [-0.3, -0.25) is 14.4 Å². The Morgan fingerprint density at radius 2 is 1.89 bits per heavy atom. The predicted molar refractivity (Wildman–Crippen MR) is 107 cm³/mol. The van der Waals surface area contributed by atoms with Crippen molar-refractivity contribution in [2.24, 2.45) is 7.05 Å². The molecular weight excluding hydrogens is 358 g/mol. The Morgan fingerprint density at radius 1 is 1.14 bits per heavy atom. The second kappa shape index (κ2) is 7.81. The first-order valence-corrected chi connectivity index (χ1v) is 9.18.